The SMILES string of the molecule is Cc1ccc(C(=O)Cl)cc1.Cc1ccc(C(=O)O)cc1. The van der Waals surface area contributed by atoms with Crippen molar-refractivity contribution >= 4 is 22.8 Å². The lowest BCUT2D eigenvalue weighted by Crippen LogP contribution is -1.94. The zero-order chi connectivity index (χ0) is 15.1. The van der Waals surface area contributed by atoms with Gasteiger partial charge in [-0.1, -0.05) is 35.4 Å². The van der Waals surface area contributed by atoms with Gasteiger partial charge in [0.25, 0.3) is 5.24 Å². The molecule has 104 valence electrons. The van der Waals surface area contributed by atoms with Crippen LogP contribution >= 0.6 is 11.6 Å². The summed E-state index contributed by atoms with van der Waals surface area (Å²) in [6, 6.07) is 13.9. The van der Waals surface area contributed by atoms with Crippen LogP contribution in [0, 0.1) is 13.8 Å². The van der Waals surface area contributed by atoms with E-state index < -0.39 is 11.2 Å². The second kappa shape index (κ2) is 7.46. The van der Waals surface area contributed by atoms with Crippen molar-refractivity contribution in [2.45, 2.75) is 13.8 Å². The molecule has 0 fully saturated rings. The number of carboxylic acids is 1. The highest BCUT2D eigenvalue weighted by Gasteiger charge is 1.98. The van der Waals surface area contributed by atoms with Gasteiger partial charge in [-0.15, -0.1) is 0 Å². The molecular formula is C16H15ClO3. The van der Waals surface area contributed by atoms with E-state index in [9.17, 15) is 9.59 Å². The standard InChI is InChI=1S/C8H7ClO.C8H8O2/c2*1-6-2-4-7(5-3-6)8(9)10/h2-5H,1H3;2-5H,1H3,(H,9,10). The van der Waals surface area contributed by atoms with Crippen LogP contribution in [0.1, 0.15) is 31.8 Å². The number of carbonyl (C=O) groups excluding carboxylic acids is 1. The highest BCUT2D eigenvalue weighted by atomic mass is 35.5. The van der Waals surface area contributed by atoms with Gasteiger partial charge < -0.3 is 5.11 Å². The number of hydrogen-bond donors (Lipinski definition) is 1. The molecule has 2 aromatic carbocycles. The van der Waals surface area contributed by atoms with Gasteiger partial charge in [-0.2, -0.15) is 0 Å². The number of halogens is 1. The quantitative estimate of drug-likeness (QED) is 0.848. The Labute approximate surface area is 122 Å². The van der Waals surface area contributed by atoms with Crippen LogP contribution in [-0.4, -0.2) is 16.3 Å². The Bertz CT molecular complexity index is 531. The van der Waals surface area contributed by atoms with E-state index >= 15 is 0 Å². The zero-order valence-corrected chi connectivity index (χ0v) is 12.0. The summed E-state index contributed by atoms with van der Waals surface area (Å²) in [5, 5.41) is 8.07. The number of hydrogen-bond acceptors (Lipinski definition) is 2. The second-order valence-corrected chi connectivity index (χ2v) is 4.65. The van der Waals surface area contributed by atoms with Crippen LogP contribution < -0.4 is 0 Å². The molecule has 3 nitrogen and oxygen atoms in total. The Hall–Kier alpha value is -2.13. The lowest BCUT2D eigenvalue weighted by atomic mass is 10.2. The van der Waals surface area contributed by atoms with Crippen molar-refractivity contribution in [2.24, 2.45) is 0 Å². The average Bonchev–Trinajstić information content (AvgIpc) is 2.40. The first-order valence-corrected chi connectivity index (χ1v) is 6.34. The second-order valence-electron chi connectivity index (χ2n) is 4.31. The van der Waals surface area contributed by atoms with Crippen molar-refractivity contribution in [3.8, 4) is 0 Å². The first kappa shape index (κ1) is 15.9. The van der Waals surface area contributed by atoms with Gasteiger partial charge in [0.15, 0.2) is 0 Å². The molecule has 0 atom stereocenters. The monoisotopic (exact) mass is 290 g/mol. The molecule has 0 unspecified atom stereocenters. The highest BCUT2D eigenvalue weighted by Crippen LogP contribution is 2.05. The third-order valence-corrected chi connectivity index (χ3v) is 2.80. The molecule has 0 aliphatic carbocycles. The number of aryl methyl sites for hydroxylation is 2. The Balaban J connectivity index is 0.000000200. The van der Waals surface area contributed by atoms with Crippen LogP contribution in [0.5, 0.6) is 0 Å². The maximum atomic E-state index is 10.5. The molecule has 0 amide bonds. The van der Waals surface area contributed by atoms with Gasteiger partial charge in [0, 0.05) is 5.56 Å². The number of aromatic carboxylic acids is 1. The van der Waals surface area contributed by atoms with E-state index in [2.05, 4.69) is 0 Å². The van der Waals surface area contributed by atoms with E-state index in [4.69, 9.17) is 16.7 Å². The molecule has 0 bridgehead atoms. The van der Waals surface area contributed by atoms with Gasteiger partial charge in [0.1, 0.15) is 0 Å². The van der Waals surface area contributed by atoms with Gasteiger partial charge in [0.05, 0.1) is 5.56 Å². The minimum Gasteiger partial charge on any atom is -0.478 e. The van der Waals surface area contributed by atoms with Crippen LogP contribution in [0.25, 0.3) is 0 Å². The smallest absolute Gasteiger partial charge is 0.335 e. The normalized spacial score (nSPS) is 9.35. The Morgan fingerprint density at radius 2 is 1.15 bits per heavy atom. The van der Waals surface area contributed by atoms with Gasteiger partial charge in [-0.05, 0) is 49.7 Å². The van der Waals surface area contributed by atoms with Crippen LogP contribution in [0.4, 0.5) is 0 Å². The number of carbonyl (C=O) groups is 2. The number of benzene rings is 2. The Morgan fingerprint density at radius 1 is 0.800 bits per heavy atom. The molecule has 0 aliphatic heterocycles. The summed E-state index contributed by atoms with van der Waals surface area (Å²) >= 11 is 5.22. The van der Waals surface area contributed by atoms with E-state index in [1.54, 1.807) is 36.4 Å². The fraction of sp³-hybridized carbons (Fsp3) is 0.125. The summed E-state index contributed by atoms with van der Waals surface area (Å²) in [5.74, 6) is -0.875. The van der Waals surface area contributed by atoms with Crippen LogP contribution in [0.15, 0.2) is 48.5 Å². The van der Waals surface area contributed by atoms with Crippen molar-refractivity contribution in [1.29, 1.82) is 0 Å². The summed E-state index contributed by atoms with van der Waals surface area (Å²) in [6.45, 7) is 3.88. The van der Waals surface area contributed by atoms with Gasteiger partial charge in [0.2, 0.25) is 0 Å². The highest BCUT2D eigenvalue weighted by molar-refractivity contribution is 6.67. The van der Waals surface area contributed by atoms with Crippen molar-refractivity contribution in [3.63, 3.8) is 0 Å². The zero-order valence-electron chi connectivity index (χ0n) is 11.3. The maximum absolute atomic E-state index is 10.5. The molecular weight excluding hydrogens is 276 g/mol. The fourth-order valence-corrected chi connectivity index (χ4v) is 1.51. The first-order chi connectivity index (χ1) is 9.40. The van der Waals surface area contributed by atoms with E-state index in [1.165, 1.54) is 0 Å². The van der Waals surface area contributed by atoms with E-state index in [1.807, 2.05) is 26.0 Å². The molecule has 2 rings (SSSR count). The first-order valence-electron chi connectivity index (χ1n) is 5.96. The molecule has 1 N–H and O–H groups in total. The summed E-state index contributed by atoms with van der Waals surface area (Å²) in [6.07, 6.45) is 0. The molecule has 4 heteroatoms. The van der Waals surface area contributed by atoms with Gasteiger partial charge in [-0.25, -0.2) is 4.79 Å². The summed E-state index contributed by atoms with van der Waals surface area (Å²) in [7, 11) is 0. The summed E-state index contributed by atoms with van der Waals surface area (Å²) in [5.41, 5.74) is 3.09. The summed E-state index contributed by atoms with van der Waals surface area (Å²) < 4.78 is 0. The molecule has 20 heavy (non-hydrogen) atoms. The minimum absolute atomic E-state index is 0.339. The van der Waals surface area contributed by atoms with Crippen LogP contribution in [0.2, 0.25) is 0 Å². The largest absolute Gasteiger partial charge is 0.478 e. The van der Waals surface area contributed by atoms with Gasteiger partial charge in [-0.3, -0.25) is 4.79 Å². The molecule has 0 saturated heterocycles. The predicted octanol–water partition coefficient (Wildman–Crippen LogP) is 4.07. The molecule has 0 spiro atoms. The van der Waals surface area contributed by atoms with E-state index in [0.29, 0.717) is 11.1 Å². The topological polar surface area (TPSA) is 54.4 Å². The number of carboxylic acid groups (broad SMARTS) is 1. The molecule has 0 aromatic heterocycles. The lowest BCUT2D eigenvalue weighted by Gasteiger charge is -1.92. The van der Waals surface area contributed by atoms with Gasteiger partial charge >= 0.3 is 5.97 Å². The van der Waals surface area contributed by atoms with E-state index in [-0.39, 0.29) is 0 Å². The van der Waals surface area contributed by atoms with Crippen LogP contribution in [0.3, 0.4) is 0 Å². The lowest BCUT2D eigenvalue weighted by molar-refractivity contribution is 0.0696. The third-order valence-electron chi connectivity index (χ3n) is 2.58. The Kier molecular flexibility index (Phi) is 5.94. The van der Waals surface area contributed by atoms with E-state index in [0.717, 1.165) is 11.1 Å². The third kappa shape index (κ3) is 5.24. The average molecular weight is 291 g/mol. The summed E-state index contributed by atoms with van der Waals surface area (Å²) in [4.78, 5) is 20.8. The van der Waals surface area contributed by atoms with Crippen molar-refractivity contribution in [2.75, 3.05) is 0 Å². The Morgan fingerprint density at radius 3 is 1.45 bits per heavy atom. The molecule has 0 heterocycles. The van der Waals surface area contributed by atoms with Crippen molar-refractivity contribution in [3.05, 3.63) is 70.8 Å². The number of rotatable bonds is 2. The van der Waals surface area contributed by atoms with Crippen molar-refractivity contribution in [1.82, 2.24) is 0 Å². The predicted molar refractivity (Wildman–Crippen MR) is 79.5 cm³/mol. The maximum Gasteiger partial charge on any atom is 0.335 e. The van der Waals surface area contributed by atoms with Crippen molar-refractivity contribution < 1.29 is 14.7 Å². The molecule has 2 aromatic rings. The molecule has 0 radical (unpaired) electrons. The molecule has 0 saturated carbocycles. The molecule has 0 aliphatic rings. The van der Waals surface area contributed by atoms with Crippen LogP contribution in [-0.2, 0) is 0 Å². The minimum atomic E-state index is -0.875. The fourth-order valence-electron chi connectivity index (χ4n) is 1.38.